The van der Waals surface area contributed by atoms with E-state index in [1.807, 2.05) is 6.08 Å². The Morgan fingerprint density at radius 2 is 1.92 bits per heavy atom. The molecule has 3 nitrogen and oxygen atoms in total. The molecule has 1 aromatic carbocycles. The third-order valence-electron chi connectivity index (χ3n) is 4.10. The van der Waals surface area contributed by atoms with Crippen LogP contribution in [0.5, 0.6) is 0 Å². The number of fused-ring (bicyclic) bond motifs is 2. The predicted octanol–water partition coefficient (Wildman–Crippen LogP) is 4.63. The molecule has 0 bridgehead atoms. The van der Waals surface area contributed by atoms with Gasteiger partial charge in [0, 0.05) is 11.8 Å². The zero-order valence-corrected chi connectivity index (χ0v) is 13.9. The zero-order chi connectivity index (χ0) is 16.8. The minimum absolute atomic E-state index is 0.151. The van der Waals surface area contributed by atoms with Crippen LogP contribution in [0.2, 0.25) is 10.0 Å². The number of pyridine rings is 1. The third kappa shape index (κ3) is 2.52. The van der Waals surface area contributed by atoms with Crippen molar-refractivity contribution in [3.8, 4) is 0 Å². The van der Waals surface area contributed by atoms with Crippen molar-refractivity contribution in [3.05, 3.63) is 79.6 Å². The molecule has 6 heteroatoms. The Morgan fingerprint density at radius 3 is 2.67 bits per heavy atom. The highest BCUT2D eigenvalue weighted by atomic mass is 35.5. The molecule has 3 aromatic rings. The molecule has 0 N–H and O–H groups in total. The quantitative estimate of drug-likeness (QED) is 0.634. The first kappa shape index (κ1) is 15.4. The Labute approximate surface area is 147 Å². The number of hydrogen-bond donors (Lipinski definition) is 0. The average molecular weight is 361 g/mol. The zero-order valence-electron chi connectivity index (χ0n) is 12.4. The van der Waals surface area contributed by atoms with Gasteiger partial charge in [-0.25, -0.2) is 9.37 Å². The molecule has 2 heterocycles. The van der Waals surface area contributed by atoms with Gasteiger partial charge < -0.3 is 0 Å². The highest BCUT2D eigenvalue weighted by molar-refractivity contribution is 6.36. The summed E-state index contributed by atoms with van der Waals surface area (Å²) in [5.41, 5.74) is 3.36. The average Bonchev–Trinajstić information content (AvgIpc) is 2.94. The van der Waals surface area contributed by atoms with E-state index >= 15 is 0 Å². The molecule has 0 radical (unpaired) electrons. The van der Waals surface area contributed by atoms with Crippen molar-refractivity contribution in [3.63, 3.8) is 0 Å². The molecule has 0 saturated heterocycles. The molecular formula is C18H11Cl2FN2O. The highest BCUT2D eigenvalue weighted by Crippen LogP contribution is 2.32. The summed E-state index contributed by atoms with van der Waals surface area (Å²) in [5, 5.41) is 0.715. The van der Waals surface area contributed by atoms with Crippen LogP contribution < -0.4 is 5.56 Å². The molecule has 4 rings (SSSR count). The molecule has 0 aliphatic heterocycles. The van der Waals surface area contributed by atoms with Crippen molar-refractivity contribution in [2.45, 2.75) is 12.8 Å². The Hall–Kier alpha value is -2.17. The van der Waals surface area contributed by atoms with Gasteiger partial charge in [-0.15, -0.1) is 0 Å². The van der Waals surface area contributed by atoms with E-state index in [4.69, 9.17) is 23.2 Å². The van der Waals surface area contributed by atoms with Crippen LogP contribution in [0.1, 0.15) is 23.2 Å². The van der Waals surface area contributed by atoms with Crippen molar-refractivity contribution < 1.29 is 4.39 Å². The summed E-state index contributed by atoms with van der Waals surface area (Å²) in [6.45, 7) is 0. The van der Waals surface area contributed by atoms with Gasteiger partial charge in [-0.2, -0.15) is 0 Å². The standard InChI is InChI=1S/C18H11Cl2FN2O/c19-12-8-15(20)17-22-16-11(7-10-1-4-13(21)5-2-10)3-6-14(16)18(24)23(17)9-12/h1-2,4-5,7-9H,3,6H2. The SMILES string of the molecule is O=c1c2c(nc3c(Cl)cc(Cl)cn13)C(=Cc1ccc(F)cc1)CC2. The van der Waals surface area contributed by atoms with E-state index in [0.717, 1.165) is 11.1 Å². The molecule has 0 fully saturated rings. The molecule has 120 valence electrons. The Kier molecular flexibility index (Phi) is 3.66. The lowest BCUT2D eigenvalue weighted by Crippen LogP contribution is -2.20. The molecule has 0 atom stereocenters. The van der Waals surface area contributed by atoms with Crippen molar-refractivity contribution in [2.75, 3.05) is 0 Å². The van der Waals surface area contributed by atoms with Crippen LogP contribution in [0.3, 0.4) is 0 Å². The van der Waals surface area contributed by atoms with Gasteiger partial charge in [0.1, 0.15) is 5.82 Å². The van der Waals surface area contributed by atoms with E-state index in [2.05, 4.69) is 4.98 Å². The molecule has 0 spiro atoms. The Balaban J connectivity index is 1.92. The minimum Gasteiger partial charge on any atom is -0.269 e. The van der Waals surface area contributed by atoms with E-state index < -0.39 is 0 Å². The minimum atomic E-state index is -0.282. The summed E-state index contributed by atoms with van der Waals surface area (Å²) in [7, 11) is 0. The summed E-state index contributed by atoms with van der Waals surface area (Å²) in [6, 6.07) is 7.77. The molecule has 1 aliphatic rings. The van der Waals surface area contributed by atoms with Gasteiger partial charge in [0.2, 0.25) is 0 Å². The number of benzene rings is 1. The van der Waals surface area contributed by atoms with E-state index in [9.17, 15) is 9.18 Å². The van der Waals surface area contributed by atoms with Crippen LogP contribution in [-0.2, 0) is 6.42 Å². The maximum atomic E-state index is 13.0. The molecule has 0 saturated carbocycles. The number of hydrogen-bond acceptors (Lipinski definition) is 2. The monoisotopic (exact) mass is 360 g/mol. The molecule has 0 unspecified atom stereocenters. The predicted molar refractivity (Wildman–Crippen MR) is 94.1 cm³/mol. The molecule has 2 aromatic heterocycles. The van der Waals surface area contributed by atoms with Gasteiger partial charge in [-0.05, 0) is 48.3 Å². The lowest BCUT2D eigenvalue weighted by atomic mass is 10.1. The maximum absolute atomic E-state index is 13.0. The fraction of sp³-hybridized carbons (Fsp3) is 0.111. The van der Waals surface area contributed by atoms with Gasteiger partial charge in [0.15, 0.2) is 5.65 Å². The van der Waals surface area contributed by atoms with Crippen LogP contribution in [0.4, 0.5) is 4.39 Å². The Morgan fingerprint density at radius 1 is 1.17 bits per heavy atom. The van der Waals surface area contributed by atoms with Gasteiger partial charge in [-0.1, -0.05) is 35.3 Å². The van der Waals surface area contributed by atoms with Crippen LogP contribution in [0.15, 0.2) is 41.3 Å². The van der Waals surface area contributed by atoms with E-state index in [1.54, 1.807) is 18.2 Å². The number of rotatable bonds is 1. The van der Waals surface area contributed by atoms with E-state index in [-0.39, 0.29) is 11.4 Å². The summed E-state index contributed by atoms with van der Waals surface area (Å²) in [4.78, 5) is 17.3. The summed E-state index contributed by atoms with van der Waals surface area (Å²) in [6.07, 6.45) is 4.77. The third-order valence-corrected chi connectivity index (χ3v) is 4.58. The summed E-state index contributed by atoms with van der Waals surface area (Å²) in [5.74, 6) is -0.282. The fourth-order valence-corrected chi connectivity index (χ4v) is 3.49. The van der Waals surface area contributed by atoms with Crippen LogP contribution >= 0.6 is 23.2 Å². The van der Waals surface area contributed by atoms with Crippen LogP contribution in [-0.4, -0.2) is 9.38 Å². The van der Waals surface area contributed by atoms with Gasteiger partial charge >= 0.3 is 0 Å². The molecule has 1 aliphatic carbocycles. The second-order valence-electron chi connectivity index (χ2n) is 5.67. The Bertz CT molecular complexity index is 1060. The molecule has 0 amide bonds. The fourth-order valence-electron chi connectivity index (χ4n) is 2.97. The molecular weight excluding hydrogens is 350 g/mol. The summed E-state index contributed by atoms with van der Waals surface area (Å²) >= 11 is 12.2. The lowest BCUT2D eigenvalue weighted by molar-refractivity contribution is 0.628. The highest BCUT2D eigenvalue weighted by Gasteiger charge is 2.23. The first-order valence-electron chi connectivity index (χ1n) is 7.40. The molecule has 24 heavy (non-hydrogen) atoms. The smallest absolute Gasteiger partial charge is 0.261 e. The maximum Gasteiger partial charge on any atom is 0.261 e. The second kappa shape index (κ2) is 5.72. The van der Waals surface area contributed by atoms with E-state index in [1.165, 1.54) is 22.7 Å². The topological polar surface area (TPSA) is 34.4 Å². The van der Waals surface area contributed by atoms with Gasteiger partial charge in [0.25, 0.3) is 5.56 Å². The second-order valence-corrected chi connectivity index (χ2v) is 6.51. The van der Waals surface area contributed by atoms with Crippen LogP contribution in [0.25, 0.3) is 17.3 Å². The van der Waals surface area contributed by atoms with Crippen molar-refractivity contribution in [1.82, 2.24) is 9.38 Å². The largest absolute Gasteiger partial charge is 0.269 e. The van der Waals surface area contributed by atoms with Crippen molar-refractivity contribution in [1.29, 1.82) is 0 Å². The van der Waals surface area contributed by atoms with E-state index in [0.29, 0.717) is 39.8 Å². The van der Waals surface area contributed by atoms with Gasteiger partial charge in [0.05, 0.1) is 15.7 Å². The number of nitrogens with zero attached hydrogens (tertiary/aromatic N) is 2. The lowest BCUT2D eigenvalue weighted by Gasteiger charge is -2.07. The summed E-state index contributed by atoms with van der Waals surface area (Å²) < 4.78 is 14.4. The number of allylic oxidation sites excluding steroid dienone is 1. The van der Waals surface area contributed by atoms with Crippen molar-refractivity contribution >= 4 is 40.5 Å². The normalized spacial score (nSPS) is 15.2. The first-order valence-corrected chi connectivity index (χ1v) is 8.15. The first-order chi connectivity index (χ1) is 11.5. The number of aromatic nitrogens is 2. The van der Waals surface area contributed by atoms with Crippen LogP contribution in [0, 0.1) is 5.82 Å². The van der Waals surface area contributed by atoms with Gasteiger partial charge in [-0.3, -0.25) is 9.20 Å². The van der Waals surface area contributed by atoms with Crippen molar-refractivity contribution in [2.24, 2.45) is 0 Å². The number of halogens is 3.